The molecule has 0 spiro atoms. The van der Waals surface area contributed by atoms with Crippen LogP contribution in [0.25, 0.3) is 0 Å². The van der Waals surface area contributed by atoms with E-state index in [0.29, 0.717) is 12.3 Å². The number of anilines is 1. The minimum Gasteiger partial charge on any atom is -0.495 e. The molecule has 0 radical (unpaired) electrons. The van der Waals surface area contributed by atoms with Gasteiger partial charge in [0.05, 0.1) is 17.7 Å². The van der Waals surface area contributed by atoms with Crippen LogP contribution in [0.2, 0.25) is 0 Å². The molecule has 0 aliphatic heterocycles. The number of amides is 2. The van der Waals surface area contributed by atoms with Gasteiger partial charge in [-0.2, -0.15) is 0 Å². The Morgan fingerprint density at radius 1 is 0.917 bits per heavy atom. The van der Waals surface area contributed by atoms with Gasteiger partial charge in [-0.1, -0.05) is 60.7 Å². The van der Waals surface area contributed by atoms with Gasteiger partial charge in [0.15, 0.2) is 0 Å². The van der Waals surface area contributed by atoms with E-state index in [-0.39, 0.29) is 23.0 Å². The van der Waals surface area contributed by atoms with Crippen molar-refractivity contribution >= 4 is 27.5 Å². The normalized spacial score (nSPS) is 11.9. The summed E-state index contributed by atoms with van der Waals surface area (Å²) in [5, 5.41) is 2.74. The summed E-state index contributed by atoms with van der Waals surface area (Å²) in [5.74, 6) is -0.546. The lowest BCUT2D eigenvalue weighted by Crippen LogP contribution is -2.51. The fourth-order valence-corrected chi connectivity index (χ4v) is 5.20. The number of methoxy groups -OCH3 is 1. The zero-order valence-electron chi connectivity index (χ0n) is 20.6. The van der Waals surface area contributed by atoms with Crippen molar-refractivity contribution in [3.63, 3.8) is 0 Å². The maximum absolute atomic E-state index is 13.8. The largest absolute Gasteiger partial charge is 0.495 e. The minimum atomic E-state index is -4.14. The molecule has 0 unspecified atom stereocenters. The molecule has 0 aromatic heterocycles. The van der Waals surface area contributed by atoms with E-state index in [4.69, 9.17) is 4.74 Å². The predicted octanol–water partition coefficient (Wildman–Crippen LogP) is 3.44. The summed E-state index contributed by atoms with van der Waals surface area (Å²) in [7, 11) is -2.70. The third-order valence-electron chi connectivity index (χ3n) is 5.68. The number of carbonyl (C=O) groups is 2. The Hall–Kier alpha value is -3.85. The Bertz CT molecular complexity index is 1270. The monoisotopic (exact) mass is 509 g/mol. The number of nitrogens with one attached hydrogen (secondary N) is 1. The molecule has 0 aliphatic carbocycles. The highest BCUT2D eigenvalue weighted by molar-refractivity contribution is 7.92. The Balaban J connectivity index is 2.05. The van der Waals surface area contributed by atoms with Gasteiger partial charge in [-0.25, -0.2) is 8.42 Å². The summed E-state index contributed by atoms with van der Waals surface area (Å²) in [6, 6.07) is 22.9. The molecular formula is C27H31N3O5S. The van der Waals surface area contributed by atoms with E-state index < -0.39 is 28.5 Å². The van der Waals surface area contributed by atoms with E-state index in [1.54, 1.807) is 56.3 Å². The zero-order chi connectivity index (χ0) is 26.1. The first kappa shape index (κ1) is 26.7. The highest BCUT2D eigenvalue weighted by atomic mass is 32.2. The fraction of sp³-hybridized carbons (Fsp3) is 0.259. The van der Waals surface area contributed by atoms with Crippen LogP contribution in [0.3, 0.4) is 0 Å². The lowest BCUT2D eigenvalue weighted by Gasteiger charge is -2.32. The molecule has 9 heteroatoms. The van der Waals surface area contributed by atoms with Gasteiger partial charge in [0.2, 0.25) is 11.8 Å². The van der Waals surface area contributed by atoms with Gasteiger partial charge in [-0.15, -0.1) is 0 Å². The molecular weight excluding hydrogens is 478 g/mol. The maximum Gasteiger partial charge on any atom is 0.264 e. The number of carbonyl (C=O) groups excluding carboxylic acids is 2. The van der Waals surface area contributed by atoms with Crippen molar-refractivity contribution in [2.75, 3.05) is 24.5 Å². The fourth-order valence-electron chi connectivity index (χ4n) is 3.75. The topological polar surface area (TPSA) is 96.0 Å². The van der Waals surface area contributed by atoms with Crippen LogP contribution < -0.4 is 14.4 Å². The smallest absolute Gasteiger partial charge is 0.264 e. The predicted molar refractivity (Wildman–Crippen MR) is 139 cm³/mol. The number of ether oxygens (including phenoxy) is 1. The molecule has 0 saturated heterocycles. The lowest BCUT2D eigenvalue weighted by molar-refractivity contribution is -0.139. The average molecular weight is 510 g/mol. The molecule has 8 nitrogen and oxygen atoms in total. The zero-order valence-corrected chi connectivity index (χ0v) is 21.4. The number of sulfonamides is 1. The summed E-state index contributed by atoms with van der Waals surface area (Å²) in [6.45, 7) is 3.46. The molecule has 0 bridgehead atoms. The van der Waals surface area contributed by atoms with Crippen molar-refractivity contribution in [1.82, 2.24) is 10.2 Å². The van der Waals surface area contributed by atoms with Gasteiger partial charge >= 0.3 is 0 Å². The van der Waals surface area contributed by atoms with Crippen LogP contribution in [0.1, 0.15) is 19.4 Å². The van der Waals surface area contributed by atoms with E-state index >= 15 is 0 Å². The second-order valence-electron chi connectivity index (χ2n) is 8.07. The van der Waals surface area contributed by atoms with Crippen molar-refractivity contribution < 1.29 is 22.7 Å². The van der Waals surface area contributed by atoms with Gasteiger partial charge in [0.25, 0.3) is 10.0 Å². The standard InChI is InChI=1S/C27H31N3O5S/c1-4-28-27(32)21(2)29(19-22-13-7-5-8-14-22)26(31)20-30(24-17-11-12-18-25(24)35-3)36(33,34)23-15-9-6-10-16-23/h5-18,21H,4,19-20H2,1-3H3,(H,28,32)/t21-/m1/s1. The first-order valence-corrected chi connectivity index (χ1v) is 13.1. The number of para-hydroxylation sites is 2. The van der Waals surface area contributed by atoms with E-state index in [2.05, 4.69) is 5.32 Å². The summed E-state index contributed by atoms with van der Waals surface area (Å²) in [5.41, 5.74) is 1.04. The van der Waals surface area contributed by atoms with Gasteiger partial charge in [-0.05, 0) is 43.7 Å². The van der Waals surface area contributed by atoms with Crippen molar-refractivity contribution in [1.29, 1.82) is 0 Å². The molecule has 3 rings (SSSR count). The van der Waals surface area contributed by atoms with Crippen LogP contribution in [-0.2, 0) is 26.2 Å². The number of benzene rings is 3. The summed E-state index contributed by atoms with van der Waals surface area (Å²) >= 11 is 0. The first-order valence-electron chi connectivity index (χ1n) is 11.6. The minimum absolute atomic E-state index is 0.0371. The molecule has 1 N–H and O–H groups in total. The molecule has 190 valence electrons. The Labute approximate surface area is 212 Å². The summed E-state index contributed by atoms with van der Waals surface area (Å²) in [6.07, 6.45) is 0. The first-order chi connectivity index (χ1) is 17.3. The second-order valence-corrected chi connectivity index (χ2v) is 9.94. The Kier molecular flexibility index (Phi) is 9.08. The third-order valence-corrected chi connectivity index (χ3v) is 7.45. The van der Waals surface area contributed by atoms with Gasteiger partial charge < -0.3 is 15.0 Å². The number of likely N-dealkylation sites (N-methyl/N-ethyl adjacent to an activating group) is 1. The van der Waals surface area contributed by atoms with Crippen LogP contribution in [0, 0.1) is 0 Å². The van der Waals surface area contributed by atoms with Crippen LogP contribution in [0.4, 0.5) is 5.69 Å². The molecule has 0 fully saturated rings. The van der Waals surface area contributed by atoms with Crippen LogP contribution >= 0.6 is 0 Å². The Morgan fingerprint density at radius 3 is 2.11 bits per heavy atom. The van der Waals surface area contributed by atoms with E-state index in [0.717, 1.165) is 9.87 Å². The third kappa shape index (κ3) is 6.23. The van der Waals surface area contributed by atoms with Crippen molar-refractivity contribution in [3.05, 3.63) is 90.5 Å². The van der Waals surface area contributed by atoms with Crippen molar-refractivity contribution in [2.45, 2.75) is 31.3 Å². The van der Waals surface area contributed by atoms with Crippen LogP contribution in [0.5, 0.6) is 5.75 Å². The number of hydrogen-bond donors (Lipinski definition) is 1. The summed E-state index contributed by atoms with van der Waals surface area (Å²) < 4.78 is 33.9. The van der Waals surface area contributed by atoms with E-state index in [1.807, 2.05) is 30.3 Å². The molecule has 3 aromatic carbocycles. The molecule has 0 aliphatic rings. The Morgan fingerprint density at radius 2 is 1.50 bits per heavy atom. The van der Waals surface area contributed by atoms with Crippen molar-refractivity contribution in [3.8, 4) is 5.75 Å². The second kappa shape index (κ2) is 12.2. The lowest BCUT2D eigenvalue weighted by atomic mass is 10.1. The van der Waals surface area contributed by atoms with Gasteiger partial charge in [-0.3, -0.25) is 13.9 Å². The number of rotatable bonds is 11. The molecule has 36 heavy (non-hydrogen) atoms. The molecule has 0 saturated carbocycles. The molecule has 3 aromatic rings. The molecule has 2 amide bonds. The highest BCUT2D eigenvalue weighted by Gasteiger charge is 2.33. The highest BCUT2D eigenvalue weighted by Crippen LogP contribution is 2.32. The van der Waals surface area contributed by atoms with Crippen LogP contribution in [-0.4, -0.2) is 51.4 Å². The number of hydrogen-bond acceptors (Lipinski definition) is 5. The van der Waals surface area contributed by atoms with E-state index in [1.165, 1.54) is 24.1 Å². The molecule has 1 atom stereocenters. The quantitative estimate of drug-likeness (QED) is 0.427. The van der Waals surface area contributed by atoms with Gasteiger partial charge in [0, 0.05) is 13.1 Å². The average Bonchev–Trinajstić information content (AvgIpc) is 2.91. The van der Waals surface area contributed by atoms with E-state index in [9.17, 15) is 18.0 Å². The van der Waals surface area contributed by atoms with Crippen molar-refractivity contribution in [2.24, 2.45) is 0 Å². The maximum atomic E-state index is 13.8. The van der Waals surface area contributed by atoms with Gasteiger partial charge in [0.1, 0.15) is 18.3 Å². The number of nitrogens with zero attached hydrogens (tertiary/aromatic N) is 2. The summed E-state index contributed by atoms with van der Waals surface area (Å²) in [4.78, 5) is 27.9. The molecule has 0 heterocycles. The van der Waals surface area contributed by atoms with Crippen LogP contribution in [0.15, 0.2) is 89.8 Å². The SMILES string of the molecule is CCNC(=O)[C@@H](C)N(Cc1ccccc1)C(=O)CN(c1ccccc1OC)S(=O)(=O)c1ccccc1.